The summed E-state index contributed by atoms with van der Waals surface area (Å²) in [6.07, 6.45) is 1.51. The zero-order chi connectivity index (χ0) is 13.0. The number of aliphatic imine (C=N–C) groups is 1. The van der Waals surface area contributed by atoms with Gasteiger partial charge in [-0.15, -0.1) is 0 Å². The largest absolute Gasteiger partial charge is 0.370 e. The van der Waals surface area contributed by atoms with Crippen molar-refractivity contribution in [3.05, 3.63) is 47.3 Å². The first-order valence-corrected chi connectivity index (χ1v) is 5.68. The second-order valence-electron chi connectivity index (χ2n) is 4.19. The molecule has 5 heteroatoms. The topological polar surface area (TPSA) is 76.4 Å². The number of nitrogens with zero attached hydrogens (tertiary/aromatic N) is 2. The second kappa shape index (κ2) is 5.35. The maximum Gasteiger partial charge on any atom is 0.193 e. The molecule has 94 valence electrons. The van der Waals surface area contributed by atoms with Gasteiger partial charge < -0.3 is 15.6 Å². The van der Waals surface area contributed by atoms with E-state index in [4.69, 9.17) is 10.3 Å². The van der Waals surface area contributed by atoms with Crippen LogP contribution < -0.4 is 11.1 Å². The molecule has 0 aliphatic heterocycles. The Morgan fingerprint density at radius 3 is 2.67 bits per heavy atom. The van der Waals surface area contributed by atoms with Crippen LogP contribution in [0.3, 0.4) is 0 Å². The van der Waals surface area contributed by atoms with Crippen molar-refractivity contribution in [2.75, 3.05) is 5.32 Å². The number of anilines is 1. The average molecular weight is 244 g/mol. The normalized spacial score (nSPS) is 11.6. The molecule has 0 aliphatic carbocycles. The van der Waals surface area contributed by atoms with Crippen LogP contribution in [0.4, 0.5) is 5.69 Å². The maximum absolute atomic E-state index is 5.80. The first kappa shape index (κ1) is 12.2. The highest BCUT2D eigenvalue weighted by molar-refractivity contribution is 5.92. The number of hydrogen-bond donors (Lipinski definition) is 2. The van der Waals surface area contributed by atoms with E-state index in [1.807, 2.05) is 26.0 Å². The minimum absolute atomic E-state index is 0.364. The molecule has 18 heavy (non-hydrogen) atoms. The summed E-state index contributed by atoms with van der Waals surface area (Å²) in [6.45, 7) is 4.49. The van der Waals surface area contributed by atoms with Crippen LogP contribution in [-0.2, 0) is 6.54 Å². The molecule has 1 heterocycles. The van der Waals surface area contributed by atoms with Crippen LogP contribution in [0.25, 0.3) is 0 Å². The molecular weight excluding hydrogens is 228 g/mol. The van der Waals surface area contributed by atoms with Gasteiger partial charge >= 0.3 is 0 Å². The summed E-state index contributed by atoms with van der Waals surface area (Å²) < 4.78 is 4.72. The van der Waals surface area contributed by atoms with Crippen molar-refractivity contribution in [1.29, 1.82) is 0 Å². The van der Waals surface area contributed by atoms with E-state index in [2.05, 4.69) is 21.5 Å². The standard InChI is InChI=1S/C13H16N4O/c1-9-5-10(2)7-12(6-9)16-13(14)15-8-11-3-4-18-17-11/h3-7H,8H2,1-2H3,(H3,14,15,16). The summed E-state index contributed by atoms with van der Waals surface area (Å²) in [6, 6.07) is 7.90. The number of nitrogens with two attached hydrogens (primary N) is 1. The fraction of sp³-hybridized carbons (Fsp3) is 0.231. The molecule has 0 amide bonds. The highest BCUT2D eigenvalue weighted by Gasteiger charge is 1.99. The Balaban J connectivity index is 2.02. The van der Waals surface area contributed by atoms with Crippen LogP contribution >= 0.6 is 0 Å². The van der Waals surface area contributed by atoms with Crippen molar-refractivity contribution in [2.24, 2.45) is 10.7 Å². The molecule has 0 atom stereocenters. The quantitative estimate of drug-likeness (QED) is 0.641. The number of aryl methyl sites for hydroxylation is 2. The first-order chi connectivity index (χ1) is 8.63. The van der Waals surface area contributed by atoms with Crippen LogP contribution in [0.1, 0.15) is 16.8 Å². The summed E-state index contributed by atoms with van der Waals surface area (Å²) in [4.78, 5) is 4.18. The highest BCUT2D eigenvalue weighted by Crippen LogP contribution is 2.13. The molecule has 5 nitrogen and oxygen atoms in total. The first-order valence-electron chi connectivity index (χ1n) is 5.68. The number of nitrogens with one attached hydrogen (secondary N) is 1. The SMILES string of the molecule is Cc1cc(C)cc(NC(N)=NCc2ccon2)c1. The van der Waals surface area contributed by atoms with Crippen molar-refractivity contribution in [1.82, 2.24) is 5.16 Å². The van der Waals surface area contributed by atoms with E-state index in [1.54, 1.807) is 6.07 Å². The van der Waals surface area contributed by atoms with Gasteiger partial charge in [-0.1, -0.05) is 11.2 Å². The van der Waals surface area contributed by atoms with E-state index in [1.165, 1.54) is 17.4 Å². The predicted molar refractivity (Wildman–Crippen MR) is 71.4 cm³/mol. The Kier molecular flexibility index (Phi) is 3.62. The molecule has 1 aromatic carbocycles. The lowest BCUT2D eigenvalue weighted by molar-refractivity contribution is 0.412. The van der Waals surface area contributed by atoms with E-state index < -0.39 is 0 Å². The van der Waals surface area contributed by atoms with Gasteiger partial charge in [0.1, 0.15) is 12.0 Å². The van der Waals surface area contributed by atoms with Crippen molar-refractivity contribution < 1.29 is 4.52 Å². The average Bonchev–Trinajstić information content (AvgIpc) is 2.77. The maximum atomic E-state index is 5.80. The fourth-order valence-corrected chi connectivity index (χ4v) is 1.72. The number of hydrogen-bond acceptors (Lipinski definition) is 3. The Morgan fingerprint density at radius 2 is 2.06 bits per heavy atom. The second-order valence-corrected chi connectivity index (χ2v) is 4.19. The minimum Gasteiger partial charge on any atom is -0.370 e. The predicted octanol–water partition coefficient (Wildman–Crippen LogP) is 2.22. The molecule has 0 saturated carbocycles. The Morgan fingerprint density at radius 1 is 1.33 bits per heavy atom. The molecule has 2 aromatic rings. The molecule has 0 fully saturated rings. The third-order valence-corrected chi connectivity index (χ3v) is 2.40. The van der Waals surface area contributed by atoms with Gasteiger partial charge in [0.25, 0.3) is 0 Å². The fourth-order valence-electron chi connectivity index (χ4n) is 1.72. The van der Waals surface area contributed by atoms with Gasteiger partial charge in [-0.05, 0) is 37.1 Å². The van der Waals surface area contributed by atoms with Crippen molar-refractivity contribution >= 4 is 11.6 Å². The van der Waals surface area contributed by atoms with Crippen molar-refractivity contribution in [2.45, 2.75) is 20.4 Å². The lowest BCUT2D eigenvalue weighted by atomic mass is 10.1. The van der Waals surface area contributed by atoms with Gasteiger partial charge in [-0.25, -0.2) is 4.99 Å². The van der Waals surface area contributed by atoms with Crippen LogP contribution in [-0.4, -0.2) is 11.1 Å². The molecule has 3 N–H and O–H groups in total. The number of rotatable bonds is 3. The molecule has 2 rings (SSSR count). The van der Waals surface area contributed by atoms with Crippen molar-refractivity contribution in [3.8, 4) is 0 Å². The zero-order valence-corrected chi connectivity index (χ0v) is 10.5. The molecule has 0 unspecified atom stereocenters. The molecule has 0 bridgehead atoms. The lowest BCUT2D eigenvalue weighted by Crippen LogP contribution is -2.22. The number of guanidine groups is 1. The molecule has 0 radical (unpaired) electrons. The summed E-state index contributed by atoms with van der Waals surface area (Å²) in [5, 5.41) is 6.81. The molecule has 0 spiro atoms. The van der Waals surface area contributed by atoms with Gasteiger partial charge in [0.15, 0.2) is 5.96 Å². The Labute approximate surface area is 106 Å². The molecular formula is C13H16N4O. The van der Waals surface area contributed by atoms with Crippen LogP contribution in [0.5, 0.6) is 0 Å². The van der Waals surface area contributed by atoms with Gasteiger partial charge in [0, 0.05) is 11.8 Å². The molecule has 0 saturated heterocycles. The summed E-state index contributed by atoms with van der Waals surface area (Å²) in [5.41, 5.74) is 9.86. The summed E-state index contributed by atoms with van der Waals surface area (Å²) >= 11 is 0. The molecule has 0 aliphatic rings. The minimum atomic E-state index is 0.364. The Bertz CT molecular complexity index is 526. The van der Waals surface area contributed by atoms with Gasteiger partial charge in [0.05, 0.1) is 6.54 Å². The van der Waals surface area contributed by atoms with E-state index in [0.29, 0.717) is 12.5 Å². The third kappa shape index (κ3) is 3.35. The van der Waals surface area contributed by atoms with Gasteiger partial charge in [0.2, 0.25) is 0 Å². The summed E-state index contributed by atoms with van der Waals surface area (Å²) in [5.74, 6) is 0.364. The van der Waals surface area contributed by atoms with Gasteiger partial charge in [-0.2, -0.15) is 0 Å². The van der Waals surface area contributed by atoms with E-state index in [-0.39, 0.29) is 0 Å². The van der Waals surface area contributed by atoms with Crippen molar-refractivity contribution in [3.63, 3.8) is 0 Å². The number of aromatic nitrogens is 1. The van der Waals surface area contributed by atoms with E-state index >= 15 is 0 Å². The van der Waals surface area contributed by atoms with Crippen LogP contribution in [0, 0.1) is 13.8 Å². The smallest absolute Gasteiger partial charge is 0.193 e. The molecule has 1 aromatic heterocycles. The van der Waals surface area contributed by atoms with Gasteiger partial charge in [-0.3, -0.25) is 0 Å². The summed E-state index contributed by atoms with van der Waals surface area (Å²) in [7, 11) is 0. The third-order valence-electron chi connectivity index (χ3n) is 2.40. The highest BCUT2D eigenvalue weighted by atomic mass is 16.5. The van der Waals surface area contributed by atoms with E-state index in [9.17, 15) is 0 Å². The van der Waals surface area contributed by atoms with Crippen LogP contribution in [0.2, 0.25) is 0 Å². The zero-order valence-electron chi connectivity index (χ0n) is 10.5. The Hall–Kier alpha value is -2.30. The monoisotopic (exact) mass is 244 g/mol. The van der Waals surface area contributed by atoms with E-state index in [0.717, 1.165) is 11.4 Å². The van der Waals surface area contributed by atoms with Crippen LogP contribution in [0.15, 0.2) is 40.0 Å². The lowest BCUT2D eigenvalue weighted by Gasteiger charge is -2.07. The number of benzene rings is 1.